The Bertz CT molecular complexity index is 656. The molecule has 0 heterocycles. The summed E-state index contributed by atoms with van der Waals surface area (Å²) in [5.41, 5.74) is 5.46. The van der Waals surface area contributed by atoms with E-state index in [1.54, 1.807) is 0 Å². The lowest BCUT2D eigenvalue weighted by Gasteiger charge is -2.20. The molecule has 0 aliphatic heterocycles. The van der Waals surface area contributed by atoms with E-state index in [0.29, 0.717) is 0 Å². The van der Waals surface area contributed by atoms with E-state index in [9.17, 15) is 33.9 Å². The molecule has 0 aliphatic carbocycles. The van der Waals surface area contributed by atoms with Crippen LogP contribution >= 0.6 is 0 Å². The lowest BCUT2D eigenvalue weighted by molar-refractivity contribution is -0.139. The third kappa shape index (κ3) is 10.9. The first-order valence-corrected chi connectivity index (χ1v) is 8.57. The topological polar surface area (TPSA) is 257 Å². The van der Waals surface area contributed by atoms with Crippen molar-refractivity contribution in [3.8, 4) is 0 Å². The molecule has 0 aromatic rings. The number of amides is 4. The van der Waals surface area contributed by atoms with Gasteiger partial charge in [0.2, 0.25) is 23.6 Å². The molecule has 15 nitrogen and oxygen atoms in total. The lowest BCUT2D eigenvalue weighted by Crippen LogP contribution is -2.57. The highest BCUT2D eigenvalue weighted by Crippen LogP contribution is 1.94. The fourth-order valence-corrected chi connectivity index (χ4v) is 1.90. The minimum absolute atomic E-state index is 0.156. The van der Waals surface area contributed by atoms with Crippen LogP contribution in [-0.2, 0) is 28.8 Å². The molecule has 0 rings (SSSR count). The molecule has 15 heteroatoms. The average Bonchev–Trinajstić information content (AvgIpc) is 2.69. The number of aliphatic carboxylic acids is 2. The minimum atomic E-state index is -1.54. The molecule has 0 aromatic carbocycles. The first-order valence-electron chi connectivity index (χ1n) is 8.57. The molecule has 30 heavy (non-hydrogen) atoms. The van der Waals surface area contributed by atoms with Crippen molar-refractivity contribution in [2.75, 3.05) is 26.3 Å². The maximum absolute atomic E-state index is 12.1. The van der Waals surface area contributed by atoms with Crippen LogP contribution in [0.4, 0.5) is 0 Å². The molecular formula is C15H25N5O10. The van der Waals surface area contributed by atoms with Crippen LogP contribution in [-0.4, -0.2) is 100 Å². The third-order valence-electron chi connectivity index (χ3n) is 3.49. The number of carboxylic acid groups (broad SMARTS) is 2. The first kappa shape index (κ1) is 26.7. The monoisotopic (exact) mass is 435 g/mol. The first-order chi connectivity index (χ1) is 14.0. The van der Waals surface area contributed by atoms with Gasteiger partial charge in [0.05, 0.1) is 25.8 Å². The summed E-state index contributed by atoms with van der Waals surface area (Å²) in [7, 11) is 0. The maximum atomic E-state index is 12.1. The highest BCUT2D eigenvalue weighted by atomic mass is 16.4. The molecule has 0 radical (unpaired) electrons. The van der Waals surface area contributed by atoms with Gasteiger partial charge in [0.1, 0.15) is 18.6 Å². The van der Waals surface area contributed by atoms with Crippen LogP contribution in [0.5, 0.6) is 0 Å². The number of hydrogen-bond donors (Lipinski definition) is 9. The van der Waals surface area contributed by atoms with E-state index in [1.807, 2.05) is 10.6 Å². The normalized spacial score (nSPS) is 13.3. The number of carbonyl (C=O) groups excluding carboxylic acids is 4. The molecule has 0 saturated heterocycles. The maximum Gasteiger partial charge on any atom is 0.322 e. The van der Waals surface area contributed by atoms with Gasteiger partial charge in [-0.15, -0.1) is 0 Å². The second-order valence-corrected chi connectivity index (χ2v) is 5.91. The molecule has 0 fully saturated rings. The predicted octanol–water partition coefficient (Wildman–Crippen LogP) is -5.55. The van der Waals surface area contributed by atoms with Crippen LogP contribution in [0.3, 0.4) is 0 Å². The Kier molecular flexibility index (Phi) is 12.3. The quantitative estimate of drug-likeness (QED) is 0.124. The number of hydrogen-bond acceptors (Lipinski definition) is 9. The number of nitrogens with two attached hydrogens (primary N) is 1. The van der Waals surface area contributed by atoms with Gasteiger partial charge in [0, 0.05) is 6.42 Å². The molecular weight excluding hydrogens is 410 g/mol. The lowest BCUT2D eigenvalue weighted by atomic mass is 10.1. The van der Waals surface area contributed by atoms with Crippen molar-refractivity contribution < 1.29 is 49.2 Å². The third-order valence-corrected chi connectivity index (χ3v) is 3.49. The van der Waals surface area contributed by atoms with Crippen molar-refractivity contribution in [1.82, 2.24) is 21.3 Å². The second kappa shape index (κ2) is 13.8. The van der Waals surface area contributed by atoms with Crippen LogP contribution in [0, 0.1) is 0 Å². The molecule has 0 aromatic heterocycles. The second-order valence-electron chi connectivity index (χ2n) is 5.91. The summed E-state index contributed by atoms with van der Waals surface area (Å²) in [6.45, 7) is -3.16. The van der Waals surface area contributed by atoms with Crippen LogP contribution in [0.25, 0.3) is 0 Å². The van der Waals surface area contributed by atoms with E-state index in [2.05, 4.69) is 10.6 Å². The summed E-state index contributed by atoms with van der Waals surface area (Å²) in [6, 6.07) is -4.24. The zero-order valence-corrected chi connectivity index (χ0v) is 15.8. The number of carboxylic acids is 2. The zero-order chi connectivity index (χ0) is 23.3. The Hall–Kier alpha value is -3.30. The van der Waals surface area contributed by atoms with Gasteiger partial charge < -0.3 is 47.4 Å². The Morgan fingerprint density at radius 1 is 0.733 bits per heavy atom. The number of rotatable bonds is 14. The van der Waals surface area contributed by atoms with Gasteiger partial charge in [-0.1, -0.05) is 0 Å². The van der Waals surface area contributed by atoms with Crippen molar-refractivity contribution in [2.45, 2.75) is 31.0 Å². The van der Waals surface area contributed by atoms with E-state index in [-0.39, 0.29) is 12.8 Å². The molecule has 0 aliphatic rings. The van der Waals surface area contributed by atoms with E-state index in [1.165, 1.54) is 0 Å². The standard InChI is InChI=1S/C15H25N5O10/c16-7(1-2-11(24)25)13(28)17-3-10(23)19-9(6-22)15(30)20-8(5-21)14(29)18-4-12(26)27/h7-9,21-22H,1-6,16H2,(H,17,28)(H,18,29)(H,19,23)(H,20,30)(H,24,25)(H,26,27)/t7-,8-,9-/m0/s1. The Labute approximate surface area is 170 Å². The number of aliphatic hydroxyl groups is 2. The smallest absolute Gasteiger partial charge is 0.322 e. The van der Waals surface area contributed by atoms with Crippen LogP contribution in [0.2, 0.25) is 0 Å². The van der Waals surface area contributed by atoms with Gasteiger partial charge in [-0.3, -0.25) is 28.8 Å². The van der Waals surface area contributed by atoms with Crippen molar-refractivity contribution in [3.63, 3.8) is 0 Å². The van der Waals surface area contributed by atoms with Crippen LogP contribution in [0.1, 0.15) is 12.8 Å². The fourth-order valence-electron chi connectivity index (χ4n) is 1.90. The molecule has 4 amide bonds. The van der Waals surface area contributed by atoms with Crippen molar-refractivity contribution in [2.24, 2.45) is 5.73 Å². The summed E-state index contributed by atoms with van der Waals surface area (Å²) in [6.07, 6.45) is -0.503. The molecule has 0 saturated carbocycles. The van der Waals surface area contributed by atoms with E-state index >= 15 is 0 Å². The largest absolute Gasteiger partial charge is 0.481 e. The van der Waals surface area contributed by atoms with Gasteiger partial charge in [-0.25, -0.2) is 0 Å². The number of aliphatic hydroxyl groups excluding tert-OH is 2. The fraction of sp³-hybridized carbons (Fsp3) is 0.600. The number of nitrogens with one attached hydrogen (secondary N) is 4. The van der Waals surface area contributed by atoms with Crippen molar-refractivity contribution in [3.05, 3.63) is 0 Å². The van der Waals surface area contributed by atoms with Gasteiger partial charge in [-0.2, -0.15) is 0 Å². The van der Waals surface area contributed by atoms with Crippen LogP contribution in [0.15, 0.2) is 0 Å². The van der Waals surface area contributed by atoms with Crippen molar-refractivity contribution >= 4 is 35.6 Å². The average molecular weight is 435 g/mol. The predicted molar refractivity (Wildman–Crippen MR) is 96.5 cm³/mol. The summed E-state index contributed by atoms with van der Waals surface area (Å²) in [5, 5.41) is 43.6. The summed E-state index contributed by atoms with van der Waals surface area (Å²) < 4.78 is 0. The molecule has 0 unspecified atom stereocenters. The number of carbonyl (C=O) groups is 6. The van der Waals surface area contributed by atoms with Gasteiger partial charge in [0.15, 0.2) is 0 Å². The molecule has 10 N–H and O–H groups in total. The van der Waals surface area contributed by atoms with Crippen LogP contribution < -0.4 is 27.0 Å². The highest BCUT2D eigenvalue weighted by molar-refractivity contribution is 5.94. The summed E-state index contributed by atoms with van der Waals surface area (Å²) in [4.78, 5) is 68.1. The Morgan fingerprint density at radius 3 is 1.77 bits per heavy atom. The van der Waals surface area contributed by atoms with E-state index in [4.69, 9.17) is 21.1 Å². The molecule has 0 bridgehead atoms. The van der Waals surface area contributed by atoms with Gasteiger partial charge in [-0.05, 0) is 6.42 Å². The van der Waals surface area contributed by atoms with Gasteiger partial charge in [0.25, 0.3) is 0 Å². The summed E-state index contributed by atoms with van der Waals surface area (Å²) in [5.74, 6) is -6.26. The Morgan fingerprint density at radius 2 is 1.27 bits per heavy atom. The van der Waals surface area contributed by atoms with Crippen molar-refractivity contribution in [1.29, 1.82) is 0 Å². The highest BCUT2D eigenvalue weighted by Gasteiger charge is 2.26. The SMILES string of the molecule is N[C@@H](CCC(=O)O)C(=O)NCC(=O)N[C@@H](CO)C(=O)N[C@@H](CO)C(=O)NCC(=O)O. The summed E-state index contributed by atoms with van der Waals surface area (Å²) >= 11 is 0. The Balaban J connectivity index is 4.60. The molecule has 0 spiro atoms. The molecule has 170 valence electrons. The molecule has 3 atom stereocenters. The van der Waals surface area contributed by atoms with E-state index in [0.717, 1.165) is 0 Å². The minimum Gasteiger partial charge on any atom is -0.481 e. The van der Waals surface area contributed by atoms with E-state index < -0.39 is 80.0 Å². The van der Waals surface area contributed by atoms with Gasteiger partial charge >= 0.3 is 11.9 Å². The zero-order valence-electron chi connectivity index (χ0n) is 15.8.